The standard InChI is InChI=1S/C16H12F2O4S.CO.Na/c17-16(18,23(19,20)21)10-22-15-13-7-3-1-5-11(13)9-12-6-2-4-8-14(12)15;1-2;/h1-9H,10H2,(H,19,20,21);;/q;;+1/p-1. The molecule has 0 aliphatic carbocycles. The van der Waals surface area contributed by atoms with Gasteiger partial charge in [0.05, 0.1) is 0 Å². The van der Waals surface area contributed by atoms with Crippen LogP contribution >= 0.6 is 0 Å². The molecule has 0 bridgehead atoms. The quantitative estimate of drug-likeness (QED) is 0.360. The number of benzene rings is 3. The molecule has 0 aromatic heterocycles. The second-order valence-corrected chi connectivity index (χ2v) is 6.53. The van der Waals surface area contributed by atoms with E-state index in [0.717, 1.165) is 10.8 Å². The molecule has 130 valence electrons. The van der Waals surface area contributed by atoms with Crippen molar-refractivity contribution in [3.63, 3.8) is 0 Å². The molecule has 3 aromatic carbocycles. The molecule has 3 aromatic rings. The molecule has 0 heterocycles. The smallest absolute Gasteiger partial charge is 0.743 e. The van der Waals surface area contributed by atoms with Crippen LogP contribution in [0.4, 0.5) is 8.78 Å². The van der Waals surface area contributed by atoms with E-state index in [0.29, 0.717) is 10.8 Å². The number of ether oxygens (including phenoxy) is 1. The van der Waals surface area contributed by atoms with Gasteiger partial charge in [-0.2, -0.15) is 8.78 Å². The van der Waals surface area contributed by atoms with Gasteiger partial charge in [-0.05, 0) is 16.8 Å². The molecular formula is C17H11F2NaO5S. The van der Waals surface area contributed by atoms with E-state index in [1.165, 1.54) is 0 Å². The summed E-state index contributed by atoms with van der Waals surface area (Å²) in [5.41, 5.74) is 0. The Hall–Kier alpha value is -1.58. The summed E-state index contributed by atoms with van der Waals surface area (Å²) in [6.45, 7) is 2.97. The first-order valence-electron chi connectivity index (χ1n) is 6.86. The summed E-state index contributed by atoms with van der Waals surface area (Å²) in [4.78, 5) is 7.50. The average Bonchev–Trinajstić information content (AvgIpc) is 2.59. The van der Waals surface area contributed by atoms with E-state index in [4.69, 9.17) is 9.53 Å². The number of hydrogen-bond acceptors (Lipinski definition) is 5. The summed E-state index contributed by atoms with van der Waals surface area (Å²) >= 11 is 0. The van der Waals surface area contributed by atoms with E-state index in [-0.39, 0.29) is 35.3 Å². The predicted molar refractivity (Wildman–Crippen MR) is 87.3 cm³/mol. The van der Waals surface area contributed by atoms with Crippen LogP contribution in [-0.4, -0.2) is 31.6 Å². The molecule has 3 rings (SSSR count). The molecular weight excluding hydrogens is 377 g/mol. The average molecular weight is 388 g/mol. The van der Waals surface area contributed by atoms with Crippen molar-refractivity contribution >= 4 is 38.5 Å². The van der Waals surface area contributed by atoms with Crippen molar-refractivity contribution in [2.75, 3.05) is 6.61 Å². The van der Waals surface area contributed by atoms with Crippen molar-refractivity contribution in [1.29, 1.82) is 0 Å². The van der Waals surface area contributed by atoms with Gasteiger partial charge in [-0.1, -0.05) is 48.5 Å². The molecule has 0 amide bonds. The maximum Gasteiger partial charge on any atom is 1.00 e. The monoisotopic (exact) mass is 388 g/mol. The van der Waals surface area contributed by atoms with Gasteiger partial charge >= 0.3 is 34.8 Å². The Balaban J connectivity index is 0.00000109. The minimum Gasteiger partial charge on any atom is -0.743 e. The van der Waals surface area contributed by atoms with Gasteiger partial charge in [-0.3, -0.25) is 4.79 Å². The minimum absolute atomic E-state index is 0. The zero-order valence-electron chi connectivity index (χ0n) is 13.6. The first kappa shape index (κ1) is 22.5. The Labute approximate surface area is 171 Å². The molecule has 0 aliphatic rings. The third kappa shape index (κ3) is 4.57. The normalized spacial score (nSPS) is 11.3. The zero-order valence-corrected chi connectivity index (χ0v) is 16.4. The molecule has 26 heavy (non-hydrogen) atoms. The molecule has 0 aliphatic heterocycles. The Morgan fingerprint density at radius 3 is 1.81 bits per heavy atom. The topological polar surface area (TPSA) is 83.5 Å². The summed E-state index contributed by atoms with van der Waals surface area (Å²) < 4.78 is 63.7. The van der Waals surface area contributed by atoms with E-state index in [1.54, 1.807) is 48.5 Å². The van der Waals surface area contributed by atoms with Gasteiger partial charge in [0.25, 0.3) is 6.79 Å². The Morgan fingerprint density at radius 2 is 1.38 bits per heavy atom. The van der Waals surface area contributed by atoms with Crippen LogP contribution in [0.25, 0.3) is 21.5 Å². The molecule has 9 heteroatoms. The summed E-state index contributed by atoms with van der Waals surface area (Å²) in [6.07, 6.45) is 0. The van der Waals surface area contributed by atoms with E-state index >= 15 is 0 Å². The van der Waals surface area contributed by atoms with Crippen LogP contribution in [0.15, 0.2) is 54.6 Å². The number of rotatable bonds is 4. The van der Waals surface area contributed by atoms with Crippen molar-refractivity contribution in [2.45, 2.75) is 5.25 Å². The summed E-state index contributed by atoms with van der Waals surface area (Å²) in [5, 5.41) is -1.86. The molecule has 0 spiro atoms. The van der Waals surface area contributed by atoms with Crippen LogP contribution in [0, 0.1) is 0 Å². The van der Waals surface area contributed by atoms with E-state index in [2.05, 4.69) is 6.79 Å². The van der Waals surface area contributed by atoms with Gasteiger partial charge in [0, 0.05) is 10.8 Å². The second kappa shape index (κ2) is 8.88. The number of halogens is 2. The summed E-state index contributed by atoms with van der Waals surface area (Å²) in [6, 6.07) is 15.8. The maximum atomic E-state index is 13.4. The molecule has 0 N–H and O–H groups in total. The Kier molecular flexibility index (Phi) is 7.67. The van der Waals surface area contributed by atoms with Gasteiger partial charge in [-0.25, -0.2) is 8.42 Å². The van der Waals surface area contributed by atoms with Gasteiger partial charge in [0.1, 0.15) is 5.75 Å². The van der Waals surface area contributed by atoms with Gasteiger partial charge in [-0.15, -0.1) is 0 Å². The van der Waals surface area contributed by atoms with Gasteiger partial charge < -0.3 is 9.29 Å². The van der Waals surface area contributed by atoms with Gasteiger partial charge in [0.2, 0.25) is 0 Å². The number of fused-ring (bicyclic) bond motifs is 2. The van der Waals surface area contributed by atoms with Crippen molar-refractivity contribution in [2.24, 2.45) is 0 Å². The molecule has 2 radical (unpaired) electrons. The zero-order chi connectivity index (χ0) is 18.7. The first-order chi connectivity index (χ1) is 11.8. The van der Waals surface area contributed by atoms with Crippen LogP contribution in [0.2, 0.25) is 0 Å². The Morgan fingerprint density at radius 1 is 0.962 bits per heavy atom. The van der Waals surface area contributed by atoms with Crippen molar-refractivity contribution < 1.29 is 60.8 Å². The van der Waals surface area contributed by atoms with E-state index in [9.17, 15) is 21.8 Å². The molecule has 0 atom stereocenters. The Bertz CT molecular complexity index is 954. The van der Waals surface area contributed by atoms with Crippen LogP contribution in [0.3, 0.4) is 0 Å². The summed E-state index contributed by atoms with van der Waals surface area (Å²) in [7, 11) is -5.79. The van der Waals surface area contributed by atoms with Crippen LogP contribution in [0.1, 0.15) is 0 Å². The maximum absolute atomic E-state index is 13.4. The fraction of sp³-hybridized carbons (Fsp3) is 0.118. The van der Waals surface area contributed by atoms with Crippen LogP contribution in [0.5, 0.6) is 5.75 Å². The number of hydrogen-bond donors (Lipinski definition) is 0. The molecule has 0 unspecified atom stereocenters. The third-order valence-corrected chi connectivity index (χ3v) is 4.32. The predicted octanol–water partition coefficient (Wildman–Crippen LogP) is 0.117. The van der Waals surface area contributed by atoms with Crippen molar-refractivity contribution in [3.8, 4) is 5.75 Å². The molecule has 0 saturated heterocycles. The number of carbonyl (C=O) groups excluding carboxylic acids is 1. The first-order valence-corrected chi connectivity index (χ1v) is 8.27. The largest absolute Gasteiger partial charge is 1.00 e. The van der Waals surface area contributed by atoms with Crippen LogP contribution in [-0.2, 0) is 14.9 Å². The number of alkyl halides is 2. The summed E-state index contributed by atoms with van der Waals surface area (Å²) in [5.74, 6) is 0.127. The van der Waals surface area contributed by atoms with E-state index in [1.807, 2.05) is 6.07 Å². The van der Waals surface area contributed by atoms with Crippen LogP contribution < -0.4 is 34.3 Å². The van der Waals surface area contributed by atoms with Crippen molar-refractivity contribution in [3.05, 3.63) is 54.6 Å². The molecule has 5 nitrogen and oxygen atoms in total. The second-order valence-electron chi connectivity index (χ2n) is 5.03. The van der Waals surface area contributed by atoms with Gasteiger partial charge in [0.15, 0.2) is 16.7 Å². The minimum atomic E-state index is -5.79. The molecule has 0 saturated carbocycles. The fourth-order valence-corrected chi connectivity index (χ4v) is 2.56. The third-order valence-electron chi connectivity index (χ3n) is 3.47. The van der Waals surface area contributed by atoms with E-state index < -0.39 is 22.0 Å². The SMILES string of the molecule is O=S(=O)([O-])C(F)(F)COc1c2ccccc2cc2ccccc12.[C]=O.[Na+]. The molecule has 0 fully saturated rings. The van der Waals surface area contributed by atoms with Crippen molar-refractivity contribution in [1.82, 2.24) is 0 Å². The fourth-order valence-electron chi connectivity index (χ4n) is 2.36.